The van der Waals surface area contributed by atoms with Crippen molar-refractivity contribution in [3.63, 3.8) is 0 Å². The minimum absolute atomic E-state index is 0.0122. The number of benzene rings is 1. The molecule has 0 unspecified atom stereocenters. The van der Waals surface area contributed by atoms with E-state index in [2.05, 4.69) is 0 Å². The van der Waals surface area contributed by atoms with Crippen molar-refractivity contribution in [1.29, 1.82) is 5.26 Å². The minimum Gasteiger partial charge on any atom is -0.504 e. The maximum Gasteiger partial charge on any atom is 0.264 e. The number of ether oxygens (including phenoxy) is 1. The number of amides is 1. The van der Waals surface area contributed by atoms with Crippen LogP contribution in [0.2, 0.25) is 0 Å². The Bertz CT molecular complexity index is 555. The van der Waals surface area contributed by atoms with E-state index < -0.39 is 0 Å². The second kappa shape index (κ2) is 7.19. The van der Waals surface area contributed by atoms with Crippen LogP contribution in [0.15, 0.2) is 23.8 Å². The van der Waals surface area contributed by atoms with Gasteiger partial charge in [0.2, 0.25) is 0 Å². The van der Waals surface area contributed by atoms with Crippen LogP contribution in [-0.4, -0.2) is 36.1 Å². The van der Waals surface area contributed by atoms with E-state index in [9.17, 15) is 9.90 Å². The van der Waals surface area contributed by atoms with Gasteiger partial charge in [-0.1, -0.05) is 6.07 Å². The van der Waals surface area contributed by atoms with Crippen LogP contribution in [-0.2, 0) is 4.79 Å². The number of hydrogen-bond acceptors (Lipinski definition) is 4. The molecule has 0 radical (unpaired) electrons. The third-order valence-electron chi connectivity index (χ3n) is 2.92. The highest BCUT2D eigenvalue weighted by molar-refractivity contribution is 6.01. The predicted octanol–water partition coefficient (Wildman–Crippen LogP) is 2.18. The summed E-state index contributed by atoms with van der Waals surface area (Å²) in [6.07, 6.45) is 1.49. The minimum atomic E-state index is -0.301. The summed E-state index contributed by atoms with van der Waals surface area (Å²) < 4.78 is 4.99. The molecule has 0 atom stereocenters. The molecular weight excluding hydrogens is 256 g/mol. The van der Waals surface area contributed by atoms with Crippen LogP contribution < -0.4 is 4.74 Å². The summed E-state index contributed by atoms with van der Waals surface area (Å²) in [5.74, 6) is 0.00842. The van der Waals surface area contributed by atoms with Crippen molar-refractivity contribution >= 4 is 12.0 Å². The number of phenols is 1. The second-order valence-corrected chi connectivity index (χ2v) is 4.08. The number of methoxy groups -OCH3 is 1. The highest BCUT2D eigenvalue weighted by Crippen LogP contribution is 2.27. The molecule has 5 nitrogen and oxygen atoms in total. The number of hydrogen-bond donors (Lipinski definition) is 1. The first-order valence-corrected chi connectivity index (χ1v) is 6.35. The van der Waals surface area contributed by atoms with Gasteiger partial charge >= 0.3 is 0 Å². The van der Waals surface area contributed by atoms with Gasteiger partial charge in [0.25, 0.3) is 5.91 Å². The van der Waals surface area contributed by atoms with Crippen LogP contribution in [0.1, 0.15) is 19.4 Å². The van der Waals surface area contributed by atoms with Crippen molar-refractivity contribution in [3.8, 4) is 17.6 Å². The first-order valence-electron chi connectivity index (χ1n) is 6.35. The van der Waals surface area contributed by atoms with Crippen molar-refractivity contribution < 1.29 is 14.6 Å². The highest BCUT2D eigenvalue weighted by Gasteiger charge is 2.15. The molecule has 1 aromatic rings. The lowest BCUT2D eigenvalue weighted by molar-refractivity contribution is -0.126. The van der Waals surface area contributed by atoms with Gasteiger partial charge in [-0.3, -0.25) is 4.79 Å². The third kappa shape index (κ3) is 3.51. The van der Waals surface area contributed by atoms with Gasteiger partial charge < -0.3 is 14.7 Å². The van der Waals surface area contributed by atoms with E-state index in [1.54, 1.807) is 17.0 Å². The largest absolute Gasteiger partial charge is 0.504 e. The second-order valence-electron chi connectivity index (χ2n) is 4.08. The Kier molecular flexibility index (Phi) is 5.60. The summed E-state index contributed by atoms with van der Waals surface area (Å²) in [5, 5.41) is 18.6. The van der Waals surface area contributed by atoms with Crippen molar-refractivity contribution in [2.24, 2.45) is 0 Å². The van der Waals surface area contributed by atoms with E-state index in [1.807, 2.05) is 19.9 Å². The highest BCUT2D eigenvalue weighted by atomic mass is 16.5. The summed E-state index contributed by atoms with van der Waals surface area (Å²) in [5.41, 5.74) is 0.679. The van der Waals surface area contributed by atoms with E-state index in [-0.39, 0.29) is 17.2 Å². The molecule has 1 amide bonds. The molecule has 0 aliphatic carbocycles. The topological polar surface area (TPSA) is 73.6 Å². The Morgan fingerprint density at radius 2 is 2.10 bits per heavy atom. The molecule has 0 bridgehead atoms. The maximum absolute atomic E-state index is 12.1. The molecule has 106 valence electrons. The van der Waals surface area contributed by atoms with Crippen molar-refractivity contribution in [2.45, 2.75) is 13.8 Å². The molecule has 0 aliphatic rings. The Morgan fingerprint density at radius 3 is 2.60 bits per heavy atom. The number of carbonyl (C=O) groups excluding carboxylic acids is 1. The molecule has 1 aromatic carbocycles. The number of nitriles is 1. The van der Waals surface area contributed by atoms with Crippen molar-refractivity contribution in [1.82, 2.24) is 4.90 Å². The van der Waals surface area contributed by atoms with E-state index in [0.29, 0.717) is 24.4 Å². The fourth-order valence-corrected chi connectivity index (χ4v) is 1.77. The van der Waals surface area contributed by atoms with Crippen molar-refractivity contribution in [3.05, 3.63) is 29.3 Å². The first-order chi connectivity index (χ1) is 9.57. The average molecular weight is 274 g/mol. The lowest BCUT2D eigenvalue weighted by atomic mass is 10.1. The fraction of sp³-hybridized carbons (Fsp3) is 0.333. The molecule has 1 rings (SSSR count). The number of nitrogens with zero attached hydrogens (tertiary/aromatic N) is 2. The lowest BCUT2D eigenvalue weighted by Gasteiger charge is -2.17. The van der Waals surface area contributed by atoms with Crippen molar-refractivity contribution in [2.75, 3.05) is 20.2 Å². The zero-order valence-corrected chi connectivity index (χ0v) is 11.9. The average Bonchev–Trinajstić information content (AvgIpc) is 2.47. The van der Waals surface area contributed by atoms with Gasteiger partial charge in [-0.05, 0) is 37.6 Å². The zero-order valence-electron chi connectivity index (χ0n) is 11.9. The quantitative estimate of drug-likeness (QED) is 0.659. The summed E-state index contributed by atoms with van der Waals surface area (Å²) in [6, 6.07) is 6.57. The summed E-state index contributed by atoms with van der Waals surface area (Å²) >= 11 is 0. The van der Waals surface area contributed by atoms with E-state index in [4.69, 9.17) is 10.00 Å². The van der Waals surface area contributed by atoms with Crippen LogP contribution in [0.25, 0.3) is 6.08 Å². The third-order valence-corrected chi connectivity index (χ3v) is 2.92. The number of phenolic OH excluding ortho intramolecular Hbond substituents is 1. The summed E-state index contributed by atoms with van der Waals surface area (Å²) in [7, 11) is 1.44. The number of aromatic hydroxyl groups is 1. The molecule has 0 aliphatic heterocycles. The monoisotopic (exact) mass is 274 g/mol. The molecule has 20 heavy (non-hydrogen) atoms. The van der Waals surface area contributed by atoms with Crippen LogP contribution in [0, 0.1) is 11.3 Å². The molecule has 0 heterocycles. The summed E-state index contributed by atoms with van der Waals surface area (Å²) in [4.78, 5) is 13.7. The molecule has 0 saturated heterocycles. The smallest absolute Gasteiger partial charge is 0.264 e. The standard InChI is InChI=1S/C15H18N2O3/c1-4-17(5-2)15(19)12(10-16)8-11-6-7-13(18)14(9-11)20-3/h6-9,18H,4-5H2,1-3H3/b12-8+. The van der Waals surface area contributed by atoms with E-state index in [0.717, 1.165) is 0 Å². The van der Waals surface area contributed by atoms with Gasteiger partial charge in [-0.25, -0.2) is 0 Å². The first kappa shape index (κ1) is 15.6. The molecule has 0 saturated carbocycles. The van der Waals surface area contributed by atoms with Gasteiger partial charge in [-0.2, -0.15) is 5.26 Å². The normalized spacial score (nSPS) is 10.8. The van der Waals surface area contributed by atoms with Gasteiger partial charge in [0.1, 0.15) is 11.6 Å². The van der Waals surface area contributed by atoms with Crippen LogP contribution in [0.4, 0.5) is 0 Å². The number of likely N-dealkylation sites (N-methyl/N-ethyl adjacent to an activating group) is 1. The maximum atomic E-state index is 12.1. The Hall–Kier alpha value is -2.48. The fourth-order valence-electron chi connectivity index (χ4n) is 1.77. The number of carbonyl (C=O) groups is 1. The van der Waals surface area contributed by atoms with Gasteiger partial charge in [-0.15, -0.1) is 0 Å². The van der Waals surface area contributed by atoms with Gasteiger partial charge in [0, 0.05) is 13.1 Å². The lowest BCUT2D eigenvalue weighted by Crippen LogP contribution is -2.31. The SMILES string of the molecule is CCN(CC)C(=O)/C(C#N)=C/c1ccc(O)c(OC)c1. The molecule has 1 N–H and O–H groups in total. The van der Waals surface area contributed by atoms with Crippen LogP contribution in [0.3, 0.4) is 0 Å². The Balaban J connectivity index is 3.12. The molecule has 0 aromatic heterocycles. The summed E-state index contributed by atoms with van der Waals surface area (Å²) in [6.45, 7) is 4.82. The molecule has 5 heteroatoms. The van der Waals surface area contributed by atoms with E-state index >= 15 is 0 Å². The predicted molar refractivity (Wildman–Crippen MR) is 76.2 cm³/mol. The Labute approximate surface area is 118 Å². The van der Waals surface area contributed by atoms with Crippen LogP contribution >= 0.6 is 0 Å². The van der Waals surface area contributed by atoms with Crippen LogP contribution in [0.5, 0.6) is 11.5 Å². The molecular formula is C15H18N2O3. The Morgan fingerprint density at radius 1 is 1.45 bits per heavy atom. The van der Waals surface area contributed by atoms with Gasteiger partial charge in [0.15, 0.2) is 11.5 Å². The number of rotatable bonds is 5. The van der Waals surface area contributed by atoms with E-state index in [1.165, 1.54) is 19.3 Å². The zero-order chi connectivity index (χ0) is 15.1. The molecule has 0 fully saturated rings. The molecule has 0 spiro atoms. The van der Waals surface area contributed by atoms with Gasteiger partial charge in [0.05, 0.1) is 7.11 Å².